The van der Waals surface area contributed by atoms with Crippen LogP contribution in [0.15, 0.2) is 47.5 Å². The van der Waals surface area contributed by atoms with Gasteiger partial charge in [-0.15, -0.1) is 0 Å². The Bertz CT molecular complexity index is 768. The lowest BCUT2D eigenvalue weighted by atomic mass is 9.84. The summed E-state index contributed by atoms with van der Waals surface area (Å²) in [6.07, 6.45) is 0.817. The number of benzene rings is 2. The number of nitrogens with one attached hydrogen (secondary N) is 1. The van der Waals surface area contributed by atoms with Gasteiger partial charge < -0.3 is 20.5 Å². The molecule has 3 N–H and O–H groups in total. The molecule has 0 atom stereocenters. The molecule has 5 nitrogen and oxygen atoms in total. The van der Waals surface area contributed by atoms with Crippen LogP contribution in [0.1, 0.15) is 30.5 Å². The average Bonchev–Trinajstić information content (AvgIpc) is 2.66. The lowest BCUT2D eigenvalue weighted by Gasteiger charge is -2.23. The molecule has 0 spiro atoms. The molecule has 0 aliphatic carbocycles. The highest BCUT2D eigenvalue weighted by atomic mass is 16.5. The van der Waals surface area contributed by atoms with Gasteiger partial charge in [-0.2, -0.15) is 0 Å². The van der Waals surface area contributed by atoms with Crippen LogP contribution in [0.25, 0.3) is 0 Å². The van der Waals surface area contributed by atoms with E-state index in [0.29, 0.717) is 19.0 Å². The van der Waals surface area contributed by atoms with Gasteiger partial charge in [0.15, 0.2) is 17.5 Å². The Morgan fingerprint density at radius 1 is 1.04 bits per heavy atom. The van der Waals surface area contributed by atoms with Crippen LogP contribution in [0, 0.1) is 6.92 Å². The van der Waals surface area contributed by atoms with Crippen molar-refractivity contribution in [1.82, 2.24) is 5.32 Å². The number of rotatable bonds is 8. The average molecular weight is 370 g/mol. The predicted octanol–water partition coefficient (Wildman–Crippen LogP) is 3.44. The normalized spacial score (nSPS) is 12.0. The quantitative estimate of drug-likeness (QED) is 0.552. The van der Waals surface area contributed by atoms with Gasteiger partial charge in [-0.3, -0.25) is 4.99 Å². The Kier molecular flexibility index (Phi) is 7.11. The number of nitrogens with two attached hydrogens (primary N) is 1. The molecular weight excluding hydrogens is 338 g/mol. The molecular formula is C22H31N3O2. The van der Waals surface area contributed by atoms with Gasteiger partial charge in [-0.25, -0.2) is 0 Å². The van der Waals surface area contributed by atoms with Crippen molar-refractivity contribution in [1.29, 1.82) is 0 Å². The van der Waals surface area contributed by atoms with Crippen LogP contribution in [0.4, 0.5) is 0 Å². The van der Waals surface area contributed by atoms with Gasteiger partial charge in [-0.1, -0.05) is 49.7 Å². The highest BCUT2D eigenvalue weighted by Gasteiger charge is 2.20. The third-order valence-electron chi connectivity index (χ3n) is 4.65. The zero-order valence-corrected chi connectivity index (χ0v) is 17.0. The fraction of sp³-hybridized carbons (Fsp3) is 0.409. The van der Waals surface area contributed by atoms with E-state index in [1.165, 1.54) is 11.1 Å². The summed E-state index contributed by atoms with van der Waals surface area (Å²) in [6.45, 7) is 7.78. The molecule has 0 aliphatic rings. The van der Waals surface area contributed by atoms with Gasteiger partial charge >= 0.3 is 0 Å². The largest absolute Gasteiger partial charge is 0.493 e. The van der Waals surface area contributed by atoms with Gasteiger partial charge in [0.25, 0.3) is 0 Å². The first-order valence-electron chi connectivity index (χ1n) is 9.17. The van der Waals surface area contributed by atoms with Gasteiger partial charge in [-0.05, 0) is 36.6 Å². The van der Waals surface area contributed by atoms with E-state index in [1.54, 1.807) is 14.2 Å². The fourth-order valence-electron chi connectivity index (χ4n) is 2.81. The first kappa shape index (κ1) is 20.6. The van der Waals surface area contributed by atoms with Gasteiger partial charge in [0.05, 0.1) is 20.8 Å². The van der Waals surface area contributed by atoms with E-state index in [1.807, 2.05) is 18.2 Å². The van der Waals surface area contributed by atoms with E-state index in [4.69, 9.17) is 15.2 Å². The summed E-state index contributed by atoms with van der Waals surface area (Å²) in [7, 11) is 3.27. The van der Waals surface area contributed by atoms with Crippen molar-refractivity contribution in [2.45, 2.75) is 32.6 Å². The van der Waals surface area contributed by atoms with Gasteiger partial charge in [0, 0.05) is 12.0 Å². The molecule has 2 aromatic rings. The van der Waals surface area contributed by atoms with E-state index >= 15 is 0 Å². The fourth-order valence-corrected chi connectivity index (χ4v) is 2.81. The van der Waals surface area contributed by atoms with Crippen LogP contribution in [-0.2, 0) is 11.8 Å². The first-order valence-corrected chi connectivity index (χ1v) is 9.17. The summed E-state index contributed by atoms with van der Waals surface area (Å²) in [6, 6.07) is 14.5. The van der Waals surface area contributed by atoms with E-state index in [9.17, 15) is 0 Å². The van der Waals surface area contributed by atoms with Crippen molar-refractivity contribution in [3.05, 3.63) is 59.2 Å². The molecule has 0 saturated carbocycles. The maximum Gasteiger partial charge on any atom is 0.188 e. The predicted molar refractivity (Wildman–Crippen MR) is 112 cm³/mol. The molecule has 0 radical (unpaired) electrons. The first-order chi connectivity index (χ1) is 12.9. The summed E-state index contributed by atoms with van der Waals surface area (Å²) in [5.41, 5.74) is 9.64. The van der Waals surface area contributed by atoms with E-state index in [2.05, 4.69) is 55.3 Å². The van der Waals surface area contributed by atoms with Crippen molar-refractivity contribution >= 4 is 5.96 Å². The number of nitrogens with zero attached hydrogens (tertiary/aromatic N) is 1. The highest BCUT2D eigenvalue weighted by molar-refractivity contribution is 5.77. The Morgan fingerprint density at radius 2 is 1.70 bits per heavy atom. The number of aryl methyl sites for hydroxylation is 1. The van der Waals surface area contributed by atoms with Gasteiger partial charge in [0.1, 0.15) is 0 Å². The van der Waals surface area contributed by atoms with Crippen LogP contribution in [0.3, 0.4) is 0 Å². The smallest absolute Gasteiger partial charge is 0.188 e. The molecule has 0 aromatic heterocycles. The zero-order chi connectivity index (χ0) is 19.9. The Hall–Kier alpha value is -2.69. The number of aliphatic imine (C=N–C) groups is 1. The summed E-state index contributed by atoms with van der Waals surface area (Å²) in [5, 5.41) is 3.19. The molecule has 0 saturated heterocycles. The lowest BCUT2D eigenvalue weighted by Crippen LogP contribution is -2.35. The van der Waals surface area contributed by atoms with Crippen LogP contribution in [0.5, 0.6) is 11.5 Å². The van der Waals surface area contributed by atoms with Gasteiger partial charge in [0.2, 0.25) is 0 Å². The minimum absolute atomic E-state index is 0.0661. The molecule has 2 rings (SSSR count). The minimum atomic E-state index is -0.0661. The SMILES string of the molecule is COc1ccc(CCNC(N)=NCC(C)(C)c2ccc(C)cc2)cc1OC. The molecule has 0 bridgehead atoms. The second-order valence-corrected chi connectivity index (χ2v) is 7.32. The lowest BCUT2D eigenvalue weighted by molar-refractivity contribution is 0.354. The van der Waals surface area contributed by atoms with Crippen molar-refractivity contribution in [2.75, 3.05) is 27.3 Å². The molecule has 2 aromatic carbocycles. The maximum absolute atomic E-state index is 6.04. The highest BCUT2D eigenvalue weighted by Crippen LogP contribution is 2.27. The minimum Gasteiger partial charge on any atom is -0.493 e. The molecule has 0 amide bonds. The number of guanidine groups is 1. The Balaban J connectivity index is 1.88. The van der Waals surface area contributed by atoms with E-state index < -0.39 is 0 Å². The number of hydrogen-bond acceptors (Lipinski definition) is 3. The van der Waals surface area contributed by atoms with Crippen molar-refractivity contribution in [2.24, 2.45) is 10.7 Å². The molecule has 5 heteroatoms. The Morgan fingerprint density at radius 3 is 2.33 bits per heavy atom. The molecule has 146 valence electrons. The second-order valence-electron chi connectivity index (χ2n) is 7.32. The molecule has 0 aliphatic heterocycles. The maximum atomic E-state index is 6.04. The number of ether oxygens (including phenoxy) is 2. The molecule has 0 fully saturated rings. The van der Waals surface area contributed by atoms with Crippen LogP contribution in [0.2, 0.25) is 0 Å². The number of methoxy groups -OCH3 is 2. The van der Waals surface area contributed by atoms with Crippen LogP contribution < -0.4 is 20.5 Å². The third-order valence-corrected chi connectivity index (χ3v) is 4.65. The Labute approximate surface area is 162 Å². The summed E-state index contributed by atoms with van der Waals surface area (Å²) in [5.74, 6) is 1.93. The molecule has 0 unspecified atom stereocenters. The molecule has 27 heavy (non-hydrogen) atoms. The van der Waals surface area contributed by atoms with Crippen LogP contribution >= 0.6 is 0 Å². The van der Waals surface area contributed by atoms with Crippen molar-refractivity contribution in [3.8, 4) is 11.5 Å². The summed E-state index contributed by atoms with van der Waals surface area (Å²) >= 11 is 0. The molecule has 0 heterocycles. The monoisotopic (exact) mass is 369 g/mol. The second kappa shape index (κ2) is 9.31. The topological polar surface area (TPSA) is 68.9 Å². The van der Waals surface area contributed by atoms with Crippen molar-refractivity contribution in [3.63, 3.8) is 0 Å². The standard InChI is InChI=1S/C22H31N3O2/c1-16-6-9-18(10-7-16)22(2,3)15-25-21(23)24-13-12-17-8-11-19(26-4)20(14-17)27-5/h6-11,14H,12-13,15H2,1-5H3,(H3,23,24,25). The van der Waals surface area contributed by atoms with Crippen molar-refractivity contribution < 1.29 is 9.47 Å². The number of hydrogen-bond donors (Lipinski definition) is 2. The van der Waals surface area contributed by atoms with Crippen LogP contribution in [-0.4, -0.2) is 33.3 Å². The van der Waals surface area contributed by atoms with E-state index in [0.717, 1.165) is 23.5 Å². The third kappa shape index (κ3) is 5.91. The summed E-state index contributed by atoms with van der Waals surface area (Å²) in [4.78, 5) is 4.53. The van der Waals surface area contributed by atoms with E-state index in [-0.39, 0.29) is 5.41 Å². The summed E-state index contributed by atoms with van der Waals surface area (Å²) < 4.78 is 10.6. The zero-order valence-electron chi connectivity index (χ0n) is 17.0.